The molecule has 1 atom stereocenters. The predicted molar refractivity (Wildman–Crippen MR) is 60.8 cm³/mol. The third-order valence-electron chi connectivity index (χ3n) is 3.05. The number of hydrogen-bond donors (Lipinski definition) is 1. The highest BCUT2D eigenvalue weighted by Gasteiger charge is 2.29. The summed E-state index contributed by atoms with van der Waals surface area (Å²) in [5, 5.41) is 9.57. The molecular weight excluding hydrogens is 228 g/mol. The molecule has 0 aliphatic carbocycles. The molecule has 0 aromatic carbocycles. The lowest BCUT2D eigenvalue weighted by molar-refractivity contribution is -0.142. The van der Waals surface area contributed by atoms with Crippen molar-refractivity contribution in [3.63, 3.8) is 0 Å². The van der Waals surface area contributed by atoms with E-state index in [0.29, 0.717) is 24.5 Å². The number of carbonyl (C=O) groups is 1. The van der Waals surface area contributed by atoms with Crippen molar-refractivity contribution >= 4 is 17.6 Å². The molecule has 0 bridgehead atoms. The second kappa shape index (κ2) is 4.09. The molecule has 16 heavy (non-hydrogen) atoms. The van der Waals surface area contributed by atoms with Crippen LogP contribution in [0.3, 0.4) is 0 Å². The quantitative estimate of drug-likeness (QED) is 0.866. The van der Waals surface area contributed by atoms with E-state index in [2.05, 4.69) is 4.98 Å². The second-order valence-electron chi connectivity index (χ2n) is 4.55. The molecule has 88 valence electrons. The fraction of sp³-hybridized carbons (Fsp3) is 0.636. The Kier molecular flexibility index (Phi) is 2.93. The molecule has 1 aromatic heterocycles. The first-order valence-corrected chi connectivity index (χ1v) is 5.86. The summed E-state index contributed by atoms with van der Waals surface area (Å²) < 4.78 is 1.98. The molecule has 0 radical (unpaired) electrons. The summed E-state index contributed by atoms with van der Waals surface area (Å²) in [6.45, 7) is 4.57. The summed E-state index contributed by atoms with van der Waals surface area (Å²) in [6.07, 6.45) is 1.35. The van der Waals surface area contributed by atoms with Crippen molar-refractivity contribution < 1.29 is 9.90 Å². The number of halogens is 1. The van der Waals surface area contributed by atoms with Crippen LogP contribution in [-0.2, 0) is 17.8 Å². The van der Waals surface area contributed by atoms with Gasteiger partial charge in [-0.2, -0.15) is 0 Å². The van der Waals surface area contributed by atoms with E-state index in [1.165, 1.54) is 0 Å². The monoisotopic (exact) mass is 242 g/mol. The van der Waals surface area contributed by atoms with Crippen molar-refractivity contribution in [3.8, 4) is 0 Å². The summed E-state index contributed by atoms with van der Waals surface area (Å²) in [5.74, 6) is 0.116. The van der Waals surface area contributed by atoms with Crippen molar-refractivity contribution in [3.05, 3.63) is 16.7 Å². The van der Waals surface area contributed by atoms with Gasteiger partial charge in [-0.1, -0.05) is 25.4 Å². The van der Waals surface area contributed by atoms with E-state index in [4.69, 9.17) is 16.7 Å². The maximum atomic E-state index is 11.0. The number of carboxylic acid groups (broad SMARTS) is 1. The van der Waals surface area contributed by atoms with Gasteiger partial charge in [0.25, 0.3) is 0 Å². The minimum Gasteiger partial charge on any atom is -0.481 e. The summed E-state index contributed by atoms with van der Waals surface area (Å²) in [4.78, 5) is 15.3. The first kappa shape index (κ1) is 11.5. The maximum Gasteiger partial charge on any atom is 0.308 e. The van der Waals surface area contributed by atoms with E-state index in [9.17, 15) is 4.79 Å². The fourth-order valence-corrected chi connectivity index (χ4v) is 2.46. The average molecular weight is 243 g/mol. The van der Waals surface area contributed by atoms with Gasteiger partial charge in [-0.15, -0.1) is 0 Å². The van der Waals surface area contributed by atoms with Gasteiger partial charge in [-0.3, -0.25) is 4.79 Å². The van der Waals surface area contributed by atoms with Crippen LogP contribution in [0.4, 0.5) is 0 Å². The Morgan fingerprint density at radius 3 is 2.88 bits per heavy atom. The molecule has 1 aliphatic rings. The van der Waals surface area contributed by atoms with Crippen LogP contribution in [-0.4, -0.2) is 20.6 Å². The molecule has 0 saturated heterocycles. The Morgan fingerprint density at radius 1 is 1.62 bits per heavy atom. The molecule has 5 heteroatoms. The standard InChI is InChI=1S/C11H15ClN2O2/c1-6(2)10-13-9(12)8-4-3-7(11(15)16)5-14(8)10/h6-7H,3-5H2,1-2H3,(H,15,16). The van der Waals surface area contributed by atoms with Crippen LogP contribution in [0.15, 0.2) is 0 Å². The van der Waals surface area contributed by atoms with Crippen LogP contribution >= 0.6 is 11.6 Å². The Labute approximate surface area is 99.2 Å². The molecule has 0 amide bonds. The number of aromatic nitrogens is 2. The highest BCUT2D eigenvalue weighted by molar-refractivity contribution is 6.30. The van der Waals surface area contributed by atoms with Gasteiger partial charge in [0.2, 0.25) is 0 Å². The number of hydrogen-bond acceptors (Lipinski definition) is 2. The Hall–Kier alpha value is -1.03. The number of nitrogens with zero attached hydrogens (tertiary/aromatic N) is 2. The van der Waals surface area contributed by atoms with Crippen molar-refractivity contribution in [1.82, 2.24) is 9.55 Å². The van der Waals surface area contributed by atoms with E-state index in [1.807, 2.05) is 18.4 Å². The largest absolute Gasteiger partial charge is 0.481 e. The summed E-state index contributed by atoms with van der Waals surface area (Å²) in [5.41, 5.74) is 0.989. The van der Waals surface area contributed by atoms with Crippen LogP contribution < -0.4 is 0 Å². The van der Waals surface area contributed by atoms with Crippen LogP contribution in [0.1, 0.15) is 37.7 Å². The number of imidazole rings is 1. The summed E-state index contributed by atoms with van der Waals surface area (Å²) >= 11 is 6.05. The number of fused-ring (bicyclic) bond motifs is 1. The van der Waals surface area contributed by atoms with Crippen molar-refractivity contribution in [2.24, 2.45) is 5.92 Å². The van der Waals surface area contributed by atoms with E-state index < -0.39 is 5.97 Å². The normalized spacial score (nSPS) is 19.9. The molecule has 1 N–H and O–H groups in total. The van der Waals surface area contributed by atoms with Crippen molar-refractivity contribution in [2.75, 3.05) is 0 Å². The number of rotatable bonds is 2. The fourth-order valence-electron chi connectivity index (χ4n) is 2.18. The zero-order valence-corrected chi connectivity index (χ0v) is 10.2. The van der Waals surface area contributed by atoms with Gasteiger partial charge in [0.05, 0.1) is 11.6 Å². The van der Waals surface area contributed by atoms with E-state index in [-0.39, 0.29) is 11.8 Å². The van der Waals surface area contributed by atoms with Crippen molar-refractivity contribution in [1.29, 1.82) is 0 Å². The summed E-state index contributed by atoms with van der Waals surface area (Å²) in [6, 6.07) is 0. The van der Waals surface area contributed by atoms with Crippen LogP contribution in [0.5, 0.6) is 0 Å². The SMILES string of the molecule is CC(C)c1nc(Cl)c2n1CC(C(=O)O)CC2. The van der Waals surface area contributed by atoms with Gasteiger partial charge in [0.1, 0.15) is 5.82 Å². The molecule has 0 saturated carbocycles. The Balaban J connectivity index is 2.38. The first-order chi connectivity index (χ1) is 7.50. The Bertz CT molecular complexity index is 426. The molecule has 2 heterocycles. The third kappa shape index (κ3) is 1.82. The summed E-state index contributed by atoms with van der Waals surface area (Å²) in [7, 11) is 0. The maximum absolute atomic E-state index is 11.0. The lowest BCUT2D eigenvalue weighted by Crippen LogP contribution is -2.27. The minimum absolute atomic E-state index is 0.263. The van der Waals surface area contributed by atoms with Crippen LogP contribution in [0.2, 0.25) is 5.15 Å². The van der Waals surface area contributed by atoms with Crippen LogP contribution in [0, 0.1) is 5.92 Å². The zero-order valence-electron chi connectivity index (χ0n) is 9.40. The number of aliphatic carboxylic acids is 1. The van der Waals surface area contributed by atoms with Gasteiger partial charge in [0.15, 0.2) is 5.15 Å². The second-order valence-corrected chi connectivity index (χ2v) is 4.90. The molecule has 4 nitrogen and oxygen atoms in total. The van der Waals surface area contributed by atoms with Gasteiger partial charge in [-0.05, 0) is 12.8 Å². The smallest absolute Gasteiger partial charge is 0.308 e. The Morgan fingerprint density at radius 2 is 2.31 bits per heavy atom. The van der Waals surface area contributed by atoms with E-state index in [0.717, 1.165) is 11.5 Å². The molecular formula is C11H15ClN2O2. The van der Waals surface area contributed by atoms with E-state index >= 15 is 0 Å². The molecule has 0 spiro atoms. The lowest BCUT2D eigenvalue weighted by atomic mass is 9.98. The van der Waals surface area contributed by atoms with Gasteiger partial charge < -0.3 is 9.67 Å². The molecule has 0 fully saturated rings. The highest BCUT2D eigenvalue weighted by atomic mass is 35.5. The van der Waals surface area contributed by atoms with Crippen molar-refractivity contribution in [2.45, 2.75) is 39.2 Å². The van der Waals surface area contributed by atoms with Gasteiger partial charge >= 0.3 is 5.97 Å². The molecule has 1 aliphatic heterocycles. The first-order valence-electron chi connectivity index (χ1n) is 5.48. The molecule has 1 unspecified atom stereocenters. The van der Waals surface area contributed by atoms with Gasteiger partial charge in [0, 0.05) is 12.5 Å². The minimum atomic E-state index is -0.731. The highest BCUT2D eigenvalue weighted by Crippen LogP contribution is 2.30. The average Bonchev–Trinajstić information content (AvgIpc) is 2.56. The van der Waals surface area contributed by atoms with E-state index in [1.54, 1.807) is 0 Å². The lowest BCUT2D eigenvalue weighted by Gasteiger charge is -2.23. The topological polar surface area (TPSA) is 55.1 Å². The van der Waals surface area contributed by atoms with Gasteiger partial charge in [-0.25, -0.2) is 4.98 Å². The number of carboxylic acids is 1. The van der Waals surface area contributed by atoms with Crippen LogP contribution in [0.25, 0.3) is 0 Å². The molecule has 2 rings (SSSR count). The predicted octanol–water partition coefficient (Wildman–Crippen LogP) is 2.31. The molecule has 1 aromatic rings. The zero-order chi connectivity index (χ0) is 11.9. The third-order valence-corrected chi connectivity index (χ3v) is 3.35.